The van der Waals surface area contributed by atoms with Crippen LogP contribution in [0.15, 0.2) is 19.6 Å². The summed E-state index contributed by atoms with van der Waals surface area (Å²) in [5.74, 6) is 0.957. The molecule has 14 heavy (non-hydrogen) atoms. The quantitative estimate of drug-likeness (QED) is 0.789. The van der Waals surface area contributed by atoms with Gasteiger partial charge in [0, 0.05) is 5.38 Å². The minimum Gasteiger partial charge on any atom is -0.419 e. The summed E-state index contributed by atoms with van der Waals surface area (Å²) in [6.07, 6.45) is 0. The van der Waals surface area contributed by atoms with Gasteiger partial charge in [0.1, 0.15) is 5.38 Å². The number of hydrogen-bond donors (Lipinski definition) is 0. The third-order valence-electron chi connectivity index (χ3n) is 1.60. The van der Waals surface area contributed by atoms with E-state index in [1.54, 1.807) is 18.3 Å². The Morgan fingerprint density at radius 3 is 2.86 bits per heavy atom. The van der Waals surface area contributed by atoms with Crippen molar-refractivity contribution in [3.05, 3.63) is 21.1 Å². The highest BCUT2D eigenvalue weighted by atomic mass is 79.9. The molecule has 0 saturated carbocycles. The van der Waals surface area contributed by atoms with E-state index >= 15 is 0 Å². The highest BCUT2D eigenvalue weighted by Crippen LogP contribution is 2.29. The summed E-state index contributed by atoms with van der Waals surface area (Å²) >= 11 is 10.7. The van der Waals surface area contributed by atoms with Crippen molar-refractivity contribution < 1.29 is 4.42 Å². The lowest BCUT2D eigenvalue weighted by Gasteiger charge is -1.91. The SMILES string of the molecule is CC(Cl)c1nnc(-c2csc(Br)c2)o1. The van der Waals surface area contributed by atoms with Gasteiger partial charge in [-0.05, 0) is 28.9 Å². The molecular weight excluding hydrogens is 288 g/mol. The Morgan fingerprint density at radius 1 is 1.57 bits per heavy atom. The Balaban J connectivity index is 2.33. The van der Waals surface area contributed by atoms with Crippen molar-refractivity contribution in [3.63, 3.8) is 0 Å². The van der Waals surface area contributed by atoms with Crippen molar-refractivity contribution in [2.24, 2.45) is 0 Å². The van der Waals surface area contributed by atoms with Gasteiger partial charge in [-0.2, -0.15) is 0 Å². The van der Waals surface area contributed by atoms with Crippen LogP contribution in [0.4, 0.5) is 0 Å². The van der Waals surface area contributed by atoms with Crippen molar-refractivity contribution in [3.8, 4) is 11.5 Å². The Labute approximate surface area is 98.2 Å². The zero-order valence-corrected chi connectivity index (χ0v) is 10.4. The lowest BCUT2D eigenvalue weighted by molar-refractivity contribution is 0.507. The lowest BCUT2D eigenvalue weighted by atomic mass is 10.3. The maximum absolute atomic E-state index is 5.81. The zero-order valence-electron chi connectivity index (χ0n) is 7.20. The topological polar surface area (TPSA) is 38.9 Å². The van der Waals surface area contributed by atoms with Crippen LogP contribution in [0.3, 0.4) is 0 Å². The fourth-order valence-electron chi connectivity index (χ4n) is 0.934. The van der Waals surface area contributed by atoms with E-state index in [1.165, 1.54) is 0 Å². The molecule has 0 saturated heterocycles. The predicted octanol–water partition coefficient (Wildman–Crippen LogP) is 3.86. The van der Waals surface area contributed by atoms with Gasteiger partial charge in [0.2, 0.25) is 11.8 Å². The van der Waals surface area contributed by atoms with Crippen LogP contribution < -0.4 is 0 Å². The van der Waals surface area contributed by atoms with E-state index < -0.39 is 0 Å². The van der Waals surface area contributed by atoms with E-state index in [0.29, 0.717) is 11.8 Å². The van der Waals surface area contributed by atoms with Crippen molar-refractivity contribution in [1.29, 1.82) is 0 Å². The average Bonchev–Trinajstić information content (AvgIpc) is 2.70. The second kappa shape index (κ2) is 4.00. The molecule has 0 aliphatic heterocycles. The fourth-order valence-corrected chi connectivity index (χ4v) is 2.15. The van der Waals surface area contributed by atoms with Gasteiger partial charge in [0.15, 0.2) is 0 Å². The van der Waals surface area contributed by atoms with Crippen molar-refractivity contribution in [1.82, 2.24) is 10.2 Å². The maximum Gasteiger partial charge on any atom is 0.248 e. The van der Waals surface area contributed by atoms with Gasteiger partial charge < -0.3 is 4.42 Å². The van der Waals surface area contributed by atoms with Crippen molar-refractivity contribution in [2.45, 2.75) is 12.3 Å². The summed E-state index contributed by atoms with van der Waals surface area (Å²) < 4.78 is 6.41. The summed E-state index contributed by atoms with van der Waals surface area (Å²) in [6.45, 7) is 1.79. The molecule has 2 heterocycles. The smallest absolute Gasteiger partial charge is 0.248 e. The number of thiophene rings is 1. The van der Waals surface area contributed by atoms with Gasteiger partial charge in [-0.1, -0.05) is 0 Å². The van der Waals surface area contributed by atoms with Crippen molar-refractivity contribution in [2.75, 3.05) is 0 Å². The van der Waals surface area contributed by atoms with Crippen LogP contribution in [0.2, 0.25) is 0 Å². The Bertz CT molecular complexity index is 440. The van der Waals surface area contributed by atoms with Crippen LogP contribution in [0.5, 0.6) is 0 Å². The molecule has 0 aliphatic rings. The minimum absolute atomic E-state index is 0.252. The molecule has 0 spiro atoms. The predicted molar refractivity (Wildman–Crippen MR) is 59.6 cm³/mol. The molecule has 0 fully saturated rings. The molecule has 3 nitrogen and oxygen atoms in total. The van der Waals surface area contributed by atoms with Crippen LogP contribution in [0.1, 0.15) is 18.2 Å². The first kappa shape index (κ1) is 10.1. The number of aromatic nitrogens is 2. The number of hydrogen-bond acceptors (Lipinski definition) is 4. The minimum atomic E-state index is -0.252. The highest BCUT2D eigenvalue weighted by Gasteiger charge is 2.13. The van der Waals surface area contributed by atoms with Gasteiger partial charge in [0.25, 0.3) is 0 Å². The van der Waals surface area contributed by atoms with Crippen LogP contribution in [-0.2, 0) is 0 Å². The molecule has 0 amide bonds. The van der Waals surface area contributed by atoms with Crippen LogP contribution in [-0.4, -0.2) is 10.2 Å². The zero-order chi connectivity index (χ0) is 10.1. The largest absolute Gasteiger partial charge is 0.419 e. The van der Waals surface area contributed by atoms with E-state index in [0.717, 1.165) is 9.35 Å². The summed E-state index contributed by atoms with van der Waals surface area (Å²) in [4.78, 5) is 0. The molecule has 74 valence electrons. The monoisotopic (exact) mass is 292 g/mol. The molecule has 0 bridgehead atoms. The first-order valence-electron chi connectivity index (χ1n) is 3.88. The molecule has 0 radical (unpaired) electrons. The molecule has 0 aromatic carbocycles. The summed E-state index contributed by atoms with van der Waals surface area (Å²) in [7, 11) is 0. The summed E-state index contributed by atoms with van der Waals surface area (Å²) in [5.41, 5.74) is 0.915. The molecular formula is C8H6BrClN2OS. The van der Waals surface area contributed by atoms with Crippen LogP contribution in [0, 0.1) is 0 Å². The summed E-state index contributed by atoms with van der Waals surface area (Å²) in [6, 6.07) is 1.93. The third kappa shape index (κ3) is 1.99. The maximum atomic E-state index is 5.81. The molecule has 2 aromatic heterocycles. The van der Waals surface area contributed by atoms with Gasteiger partial charge in [-0.3, -0.25) is 0 Å². The number of rotatable bonds is 2. The molecule has 1 atom stereocenters. The first-order chi connectivity index (χ1) is 6.66. The molecule has 6 heteroatoms. The van der Waals surface area contributed by atoms with Gasteiger partial charge in [-0.15, -0.1) is 33.1 Å². The molecule has 0 N–H and O–H groups in total. The van der Waals surface area contributed by atoms with Gasteiger partial charge in [-0.25, -0.2) is 0 Å². The molecule has 1 unspecified atom stereocenters. The Morgan fingerprint density at radius 2 is 2.36 bits per heavy atom. The second-order valence-electron chi connectivity index (χ2n) is 2.70. The third-order valence-corrected chi connectivity index (χ3v) is 3.29. The van der Waals surface area contributed by atoms with E-state index in [2.05, 4.69) is 26.1 Å². The molecule has 2 aromatic rings. The second-order valence-corrected chi connectivity index (χ2v) is 5.65. The average molecular weight is 294 g/mol. The number of alkyl halides is 1. The van der Waals surface area contributed by atoms with E-state index in [-0.39, 0.29) is 5.38 Å². The standard InChI is InChI=1S/C8H6BrClN2OS/c1-4(10)7-11-12-8(13-7)5-2-6(9)14-3-5/h2-4H,1H3. The van der Waals surface area contributed by atoms with Crippen LogP contribution >= 0.6 is 38.9 Å². The van der Waals surface area contributed by atoms with E-state index in [4.69, 9.17) is 16.0 Å². The van der Waals surface area contributed by atoms with Gasteiger partial charge in [0.05, 0.1) is 9.35 Å². The fraction of sp³-hybridized carbons (Fsp3) is 0.250. The summed E-state index contributed by atoms with van der Waals surface area (Å²) in [5, 5.41) is 9.44. The van der Waals surface area contributed by atoms with Crippen molar-refractivity contribution >= 4 is 38.9 Å². The van der Waals surface area contributed by atoms with E-state index in [1.807, 2.05) is 11.4 Å². The Hall–Kier alpha value is -0.390. The highest BCUT2D eigenvalue weighted by molar-refractivity contribution is 9.11. The van der Waals surface area contributed by atoms with Crippen LogP contribution in [0.25, 0.3) is 11.5 Å². The van der Waals surface area contributed by atoms with E-state index in [9.17, 15) is 0 Å². The van der Waals surface area contributed by atoms with Gasteiger partial charge >= 0.3 is 0 Å². The number of nitrogens with zero attached hydrogens (tertiary/aromatic N) is 2. The Kier molecular flexibility index (Phi) is 2.90. The first-order valence-corrected chi connectivity index (χ1v) is 5.99. The molecule has 2 rings (SSSR count). The normalized spacial score (nSPS) is 13.1. The molecule has 0 aliphatic carbocycles. The number of halogens is 2. The lowest BCUT2D eigenvalue weighted by Crippen LogP contribution is -1.81.